The van der Waals surface area contributed by atoms with Gasteiger partial charge in [-0.15, -0.1) is 0 Å². The normalized spacial score (nSPS) is 20.5. The summed E-state index contributed by atoms with van der Waals surface area (Å²) in [4.78, 5) is 35.2. The molecule has 22 heteroatoms. The largest absolute Gasteiger partial charge is 0.432 e. The lowest BCUT2D eigenvalue weighted by Gasteiger charge is -2.38. The highest BCUT2D eigenvalue weighted by atomic mass is 35.5. The summed E-state index contributed by atoms with van der Waals surface area (Å²) in [5.74, 6) is -4.62. The maximum absolute atomic E-state index is 14.1. The van der Waals surface area contributed by atoms with Crippen LogP contribution in [-0.2, 0) is 12.4 Å². The summed E-state index contributed by atoms with van der Waals surface area (Å²) >= 11 is 11.4. The third-order valence-corrected chi connectivity index (χ3v) is 9.65. The quantitative estimate of drug-likeness (QED) is 0.0633. The number of benzene rings is 2. The van der Waals surface area contributed by atoms with Gasteiger partial charge in [-0.1, -0.05) is 23.2 Å². The van der Waals surface area contributed by atoms with Crippen molar-refractivity contribution in [3.8, 4) is 0 Å². The van der Waals surface area contributed by atoms with Crippen LogP contribution in [0.25, 0.3) is 0 Å². The Labute approximate surface area is 315 Å². The molecule has 2 aliphatic carbocycles. The average Bonchev–Trinajstić information content (AvgIpc) is 3.87. The molecule has 6 N–H and O–H groups in total. The van der Waals surface area contributed by atoms with Crippen LogP contribution in [0, 0.1) is 23.5 Å². The lowest BCUT2D eigenvalue weighted by atomic mass is 9.71. The molecule has 2 aromatic heterocycles. The first kappa shape index (κ1) is 39.5. The van der Waals surface area contributed by atoms with Gasteiger partial charge in [-0.2, -0.15) is 36.5 Å². The fourth-order valence-corrected chi connectivity index (χ4v) is 6.43. The van der Waals surface area contributed by atoms with Crippen LogP contribution >= 0.6 is 23.2 Å². The van der Waals surface area contributed by atoms with Crippen molar-refractivity contribution < 1.29 is 44.7 Å². The maximum Gasteiger partial charge on any atom is 0.432 e. The molecule has 2 saturated carbocycles. The van der Waals surface area contributed by atoms with Crippen molar-refractivity contribution >= 4 is 58.6 Å². The highest BCUT2D eigenvalue weighted by Gasteiger charge is 2.41. The van der Waals surface area contributed by atoms with Gasteiger partial charge in [0.1, 0.15) is 23.0 Å². The number of aliphatic imine (C=N–C) groups is 2. The van der Waals surface area contributed by atoms with E-state index in [1.807, 2.05) is 10.2 Å². The van der Waals surface area contributed by atoms with Crippen molar-refractivity contribution in [1.29, 1.82) is 0 Å². The van der Waals surface area contributed by atoms with E-state index in [9.17, 15) is 44.7 Å². The van der Waals surface area contributed by atoms with E-state index in [-0.39, 0.29) is 56.6 Å². The number of carbonyl (C=O) groups is 2. The first-order valence-corrected chi connectivity index (χ1v) is 17.2. The topological polar surface area (TPSA) is 164 Å². The zero-order valence-electron chi connectivity index (χ0n) is 27.8. The highest BCUT2D eigenvalue weighted by Crippen LogP contribution is 2.45. The van der Waals surface area contributed by atoms with Crippen molar-refractivity contribution in [3.63, 3.8) is 0 Å². The van der Waals surface area contributed by atoms with Crippen LogP contribution in [0.1, 0.15) is 64.2 Å². The van der Waals surface area contributed by atoms with Gasteiger partial charge in [0.25, 0.3) is 11.8 Å². The predicted molar refractivity (Wildman–Crippen MR) is 185 cm³/mol. The van der Waals surface area contributed by atoms with Crippen molar-refractivity contribution in [2.75, 3.05) is 10.6 Å². The number of aromatic nitrogens is 4. The molecule has 0 aliphatic heterocycles. The molecule has 2 amide bonds. The lowest BCUT2D eigenvalue weighted by molar-refractivity contribution is -0.142. The Morgan fingerprint density at radius 1 is 0.691 bits per heavy atom. The molecule has 0 radical (unpaired) electrons. The van der Waals surface area contributed by atoms with E-state index < -0.39 is 59.3 Å². The number of guanidine groups is 2. The molecule has 12 nitrogen and oxygen atoms in total. The Bertz CT molecular complexity index is 2130. The number of alkyl halides is 6. The molecule has 4 unspecified atom stereocenters. The summed E-state index contributed by atoms with van der Waals surface area (Å²) < 4.78 is 107. The molecule has 6 rings (SSSR count). The molecule has 0 bridgehead atoms. The summed E-state index contributed by atoms with van der Waals surface area (Å²) in [6.45, 7) is 0. The van der Waals surface area contributed by atoms with Crippen molar-refractivity contribution in [2.24, 2.45) is 21.8 Å². The molecule has 55 heavy (non-hydrogen) atoms. The van der Waals surface area contributed by atoms with Crippen LogP contribution in [0.4, 0.5) is 46.8 Å². The van der Waals surface area contributed by atoms with Gasteiger partial charge in [0.2, 0.25) is 11.9 Å². The Morgan fingerprint density at radius 2 is 1.18 bits per heavy atom. The Morgan fingerprint density at radius 3 is 1.60 bits per heavy atom. The number of halogens is 10. The number of hydrogen-bond donors (Lipinski definition) is 6. The van der Waals surface area contributed by atoms with Crippen LogP contribution in [0.5, 0.6) is 0 Å². The predicted octanol–water partition coefficient (Wildman–Crippen LogP) is 7.80. The Kier molecular flexibility index (Phi) is 11.4. The van der Waals surface area contributed by atoms with E-state index >= 15 is 0 Å². The third kappa shape index (κ3) is 9.71. The Balaban J connectivity index is 1.19. The molecule has 0 saturated heterocycles. The second-order valence-corrected chi connectivity index (χ2v) is 13.6. The van der Waals surface area contributed by atoms with Crippen molar-refractivity contribution in [2.45, 2.75) is 56.5 Å². The minimum atomic E-state index is -4.73. The van der Waals surface area contributed by atoms with Gasteiger partial charge in [-0.25, -0.2) is 18.8 Å². The third-order valence-electron chi connectivity index (χ3n) is 9.03. The number of anilines is 2. The van der Waals surface area contributed by atoms with Crippen LogP contribution in [0.3, 0.4) is 0 Å². The first-order chi connectivity index (χ1) is 25.9. The van der Waals surface area contributed by atoms with E-state index in [1.54, 1.807) is 0 Å². The molecular formula is C33H28Cl2F8N10O2. The summed E-state index contributed by atoms with van der Waals surface area (Å²) in [6, 6.07) is 7.07. The first-order valence-electron chi connectivity index (χ1n) is 16.4. The lowest BCUT2D eigenvalue weighted by Crippen LogP contribution is -2.41. The number of nitrogens with one attached hydrogen (secondary N) is 6. The summed E-state index contributed by atoms with van der Waals surface area (Å²) in [7, 11) is 0. The zero-order valence-corrected chi connectivity index (χ0v) is 29.4. The van der Waals surface area contributed by atoms with Gasteiger partial charge < -0.3 is 10.6 Å². The number of H-pyrrole nitrogens is 2. The van der Waals surface area contributed by atoms with Crippen LogP contribution < -0.4 is 21.3 Å². The monoisotopic (exact) mass is 818 g/mol. The summed E-state index contributed by atoms with van der Waals surface area (Å²) in [5.41, 5.74) is -2.59. The summed E-state index contributed by atoms with van der Waals surface area (Å²) in [5, 5.41) is 20.6. The Hall–Kier alpha value is -5.24. The van der Waals surface area contributed by atoms with E-state index in [0.29, 0.717) is 44.2 Å². The highest BCUT2D eigenvalue weighted by molar-refractivity contribution is 6.31. The molecule has 2 fully saturated rings. The standard InChI is InChI=1S/C33H28Cl2F8N10O2/c34-19-6-2-15(10-21(19)36)28(54)48-30(46-26-12-24(50-52-26)32(38,39)40)44-17-4-1-14(9-17)18-5-8-23(18)45-31(47-27-13-25(51-53-27)33(41,42)43)49-29(55)16-3-7-20(35)22(37)11-16/h2-3,6-7,10-14,17-18,23H,1,4-5,8-9H2,(H3,44,46,48,50,52,54)(H3,45,47,49,51,53,55). The molecular weight excluding hydrogens is 791 g/mol. The van der Waals surface area contributed by atoms with Crippen molar-refractivity contribution in [1.82, 2.24) is 31.0 Å². The fraction of sp³-hybridized carbons (Fsp3) is 0.333. The molecule has 2 aromatic carbocycles. The zero-order chi connectivity index (χ0) is 39.7. The molecule has 4 aromatic rings. The van der Waals surface area contributed by atoms with E-state index in [4.69, 9.17) is 23.2 Å². The molecule has 0 spiro atoms. The van der Waals surface area contributed by atoms with Gasteiger partial charge in [0.05, 0.1) is 22.1 Å². The number of amides is 2. The number of rotatable bonds is 7. The molecule has 292 valence electrons. The minimum Gasteiger partial charge on any atom is -0.309 e. The number of carbonyl (C=O) groups excluding carboxylic acids is 2. The number of nitrogens with zero attached hydrogens (tertiary/aromatic N) is 4. The van der Waals surface area contributed by atoms with Gasteiger partial charge in [-0.3, -0.25) is 30.4 Å². The van der Waals surface area contributed by atoms with E-state index in [2.05, 4.69) is 41.4 Å². The van der Waals surface area contributed by atoms with Crippen molar-refractivity contribution in [3.05, 3.63) is 92.7 Å². The van der Waals surface area contributed by atoms with Crippen LogP contribution in [0.15, 0.2) is 58.5 Å². The van der Waals surface area contributed by atoms with Gasteiger partial charge in [0, 0.05) is 23.3 Å². The SMILES string of the molecule is O=C(NC(=NC1CCC(C2CCC2N=C(NC(=O)c2ccc(Cl)c(F)c2)Nc2cc(C(F)(F)F)[nH]n2)C1)Nc1cc(C(F)(F)F)[nH]n1)c1ccc(Cl)c(F)c1. The second-order valence-electron chi connectivity index (χ2n) is 12.7. The molecule has 4 atom stereocenters. The van der Waals surface area contributed by atoms with E-state index in [0.717, 1.165) is 18.2 Å². The number of aromatic amines is 2. The maximum atomic E-state index is 14.1. The van der Waals surface area contributed by atoms with Crippen LogP contribution in [-0.4, -0.2) is 56.2 Å². The van der Waals surface area contributed by atoms with Crippen LogP contribution in [0.2, 0.25) is 10.0 Å². The van der Waals surface area contributed by atoms with E-state index in [1.165, 1.54) is 18.2 Å². The average molecular weight is 820 g/mol. The number of hydrogen-bond acceptors (Lipinski definition) is 6. The second kappa shape index (κ2) is 15.9. The van der Waals surface area contributed by atoms with Gasteiger partial charge in [0.15, 0.2) is 11.6 Å². The smallest absolute Gasteiger partial charge is 0.309 e. The summed E-state index contributed by atoms with van der Waals surface area (Å²) in [6.07, 6.45) is -6.69. The van der Waals surface area contributed by atoms with Gasteiger partial charge in [-0.05, 0) is 80.3 Å². The fourth-order valence-electron chi connectivity index (χ4n) is 6.19. The molecule has 2 heterocycles. The minimum absolute atomic E-state index is 0.0229. The molecule has 2 aliphatic rings. The van der Waals surface area contributed by atoms with Gasteiger partial charge >= 0.3 is 12.4 Å².